The minimum absolute atomic E-state index is 0.0534. The van der Waals surface area contributed by atoms with Gasteiger partial charge < -0.3 is 10.2 Å². The van der Waals surface area contributed by atoms with Gasteiger partial charge >= 0.3 is 0 Å². The van der Waals surface area contributed by atoms with Crippen molar-refractivity contribution in [1.29, 1.82) is 0 Å². The largest absolute Gasteiger partial charge is 0.326 e. The second-order valence-electron chi connectivity index (χ2n) is 6.76. The number of benzene rings is 2. The minimum atomic E-state index is 0.0534. The first kappa shape index (κ1) is 18.9. The normalized spacial score (nSPS) is 16.2. The Hall–Kier alpha value is -1.88. The van der Waals surface area contributed by atoms with Crippen LogP contribution in [0.25, 0.3) is 0 Å². The summed E-state index contributed by atoms with van der Waals surface area (Å²) in [5.74, 6) is 0.0534. The van der Waals surface area contributed by atoms with Crippen LogP contribution < -0.4 is 5.32 Å². The number of rotatable bonds is 6. The standard InChI is InChI=1S/C21H26ClN3O/c22-19-7-9-20(10-8-19)23-21(26)11-14-24-12-4-13-25(16-15-24)17-18-5-2-1-3-6-18/h1-3,5-10H,4,11-17H2,(H,23,26). The lowest BCUT2D eigenvalue weighted by atomic mass is 10.2. The van der Waals surface area contributed by atoms with Crippen LogP contribution >= 0.6 is 11.6 Å². The maximum absolute atomic E-state index is 12.2. The summed E-state index contributed by atoms with van der Waals surface area (Å²) in [6.45, 7) is 6.04. The maximum atomic E-state index is 12.2. The molecule has 5 heteroatoms. The summed E-state index contributed by atoms with van der Waals surface area (Å²) in [6.07, 6.45) is 1.66. The van der Waals surface area contributed by atoms with Crippen LogP contribution in [0.2, 0.25) is 5.02 Å². The van der Waals surface area contributed by atoms with Crippen LogP contribution in [0, 0.1) is 0 Å². The summed E-state index contributed by atoms with van der Waals surface area (Å²) in [7, 11) is 0. The van der Waals surface area contributed by atoms with E-state index in [9.17, 15) is 4.79 Å². The number of anilines is 1. The molecule has 4 nitrogen and oxygen atoms in total. The lowest BCUT2D eigenvalue weighted by Gasteiger charge is -2.21. The highest BCUT2D eigenvalue weighted by Gasteiger charge is 2.15. The molecule has 1 fully saturated rings. The molecule has 3 rings (SSSR count). The third kappa shape index (κ3) is 6.13. The Labute approximate surface area is 160 Å². The molecule has 0 spiro atoms. The fourth-order valence-electron chi connectivity index (χ4n) is 3.26. The first-order valence-electron chi connectivity index (χ1n) is 9.23. The van der Waals surface area contributed by atoms with E-state index >= 15 is 0 Å². The second-order valence-corrected chi connectivity index (χ2v) is 7.20. The molecule has 2 aromatic carbocycles. The highest BCUT2D eigenvalue weighted by atomic mass is 35.5. The maximum Gasteiger partial charge on any atom is 0.225 e. The Kier molecular flexibility index (Phi) is 7.06. The van der Waals surface area contributed by atoms with E-state index in [1.807, 2.05) is 12.1 Å². The Bertz CT molecular complexity index is 690. The number of amides is 1. The number of halogens is 1. The van der Waals surface area contributed by atoms with Gasteiger partial charge in [-0.1, -0.05) is 41.9 Å². The van der Waals surface area contributed by atoms with Crippen molar-refractivity contribution in [2.24, 2.45) is 0 Å². The molecule has 0 bridgehead atoms. The molecule has 0 radical (unpaired) electrons. The van der Waals surface area contributed by atoms with Gasteiger partial charge in [0.25, 0.3) is 0 Å². The average molecular weight is 372 g/mol. The van der Waals surface area contributed by atoms with Crippen LogP contribution in [0.4, 0.5) is 5.69 Å². The van der Waals surface area contributed by atoms with Crippen molar-refractivity contribution < 1.29 is 4.79 Å². The number of hydrogen-bond acceptors (Lipinski definition) is 3. The SMILES string of the molecule is O=C(CCN1CCCN(Cc2ccccc2)CC1)Nc1ccc(Cl)cc1. The topological polar surface area (TPSA) is 35.6 Å². The van der Waals surface area contributed by atoms with Gasteiger partial charge in [-0.3, -0.25) is 9.69 Å². The van der Waals surface area contributed by atoms with Gasteiger partial charge in [0.1, 0.15) is 0 Å². The van der Waals surface area contributed by atoms with Gasteiger partial charge in [0.05, 0.1) is 0 Å². The number of carbonyl (C=O) groups is 1. The van der Waals surface area contributed by atoms with Crippen molar-refractivity contribution in [3.05, 3.63) is 65.2 Å². The van der Waals surface area contributed by atoms with Crippen molar-refractivity contribution in [3.8, 4) is 0 Å². The predicted molar refractivity (Wildman–Crippen MR) is 107 cm³/mol. The molecule has 1 N–H and O–H groups in total. The van der Waals surface area contributed by atoms with E-state index in [0.717, 1.165) is 51.4 Å². The molecule has 0 atom stereocenters. The van der Waals surface area contributed by atoms with Crippen molar-refractivity contribution in [2.45, 2.75) is 19.4 Å². The number of nitrogens with one attached hydrogen (secondary N) is 1. The number of hydrogen-bond donors (Lipinski definition) is 1. The molecule has 1 heterocycles. The summed E-state index contributed by atoms with van der Waals surface area (Å²) < 4.78 is 0. The molecule has 1 amide bonds. The number of carbonyl (C=O) groups excluding carboxylic acids is 1. The van der Waals surface area contributed by atoms with Gasteiger partial charge in [-0.15, -0.1) is 0 Å². The Morgan fingerprint density at radius 1 is 0.923 bits per heavy atom. The molecule has 1 saturated heterocycles. The number of nitrogens with zero attached hydrogens (tertiary/aromatic N) is 2. The molecule has 138 valence electrons. The summed E-state index contributed by atoms with van der Waals surface area (Å²) in [4.78, 5) is 17.0. The molecule has 0 aromatic heterocycles. The molecular weight excluding hydrogens is 346 g/mol. The van der Waals surface area contributed by atoms with Crippen LogP contribution in [0.15, 0.2) is 54.6 Å². The monoisotopic (exact) mass is 371 g/mol. The fraction of sp³-hybridized carbons (Fsp3) is 0.381. The Balaban J connectivity index is 1.40. The minimum Gasteiger partial charge on any atom is -0.326 e. The van der Waals surface area contributed by atoms with E-state index < -0.39 is 0 Å². The van der Waals surface area contributed by atoms with E-state index in [1.54, 1.807) is 12.1 Å². The van der Waals surface area contributed by atoms with Crippen LogP contribution in [0.5, 0.6) is 0 Å². The Morgan fingerprint density at radius 2 is 1.62 bits per heavy atom. The first-order valence-corrected chi connectivity index (χ1v) is 9.61. The first-order chi connectivity index (χ1) is 12.7. The summed E-state index contributed by atoms with van der Waals surface area (Å²) in [5, 5.41) is 3.60. The van der Waals surface area contributed by atoms with Crippen molar-refractivity contribution >= 4 is 23.2 Å². The zero-order chi connectivity index (χ0) is 18.2. The quantitative estimate of drug-likeness (QED) is 0.837. The van der Waals surface area contributed by atoms with Crippen LogP contribution in [0.1, 0.15) is 18.4 Å². The third-order valence-corrected chi connectivity index (χ3v) is 4.97. The summed E-state index contributed by atoms with van der Waals surface area (Å²) >= 11 is 5.87. The molecule has 0 aliphatic carbocycles. The van der Waals surface area contributed by atoms with Gasteiger partial charge in [0.15, 0.2) is 0 Å². The molecule has 2 aromatic rings. The average Bonchev–Trinajstić information content (AvgIpc) is 2.88. The second kappa shape index (κ2) is 9.72. The fourth-order valence-corrected chi connectivity index (χ4v) is 3.39. The van der Waals surface area contributed by atoms with Gasteiger partial charge in [-0.2, -0.15) is 0 Å². The van der Waals surface area contributed by atoms with Crippen LogP contribution in [-0.4, -0.2) is 48.4 Å². The lowest BCUT2D eigenvalue weighted by molar-refractivity contribution is -0.116. The third-order valence-electron chi connectivity index (χ3n) is 4.71. The molecule has 26 heavy (non-hydrogen) atoms. The van der Waals surface area contributed by atoms with E-state index in [1.165, 1.54) is 5.56 Å². The lowest BCUT2D eigenvalue weighted by Crippen LogP contribution is -2.32. The molecule has 1 aliphatic heterocycles. The molecule has 0 unspecified atom stereocenters. The highest BCUT2D eigenvalue weighted by Crippen LogP contribution is 2.14. The highest BCUT2D eigenvalue weighted by molar-refractivity contribution is 6.30. The van der Waals surface area contributed by atoms with Crippen LogP contribution in [0.3, 0.4) is 0 Å². The van der Waals surface area contributed by atoms with Crippen molar-refractivity contribution in [1.82, 2.24) is 9.80 Å². The van der Waals surface area contributed by atoms with E-state index in [2.05, 4.69) is 45.4 Å². The summed E-state index contributed by atoms with van der Waals surface area (Å²) in [5.41, 5.74) is 2.16. The molecule has 1 aliphatic rings. The Morgan fingerprint density at radius 3 is 2.38 bits per heavy atom. The van der Waals surface area contributed by atoms with Gasteiger partial charge in [0.2, 0.25) is 5.91 Å². The zero-order valence-corrected chi connectivity index (χ0v) is 15.8. The van der Waals surface area contributed by atoms with Crippen LogP contribution in [-0.2, 0) is 11.3 Å². The van der Waals surface area contributed by atoms with Gasteiger partial charge in [0, 0.05) is 43.3 Å². The molecule has 0 saturated carbocycles. The van der Waals surface area contributed by atoms with Gasteiger partial charge in [-0.05, 0) is 49.3 Å². The van der Waals surface area contributed by atoms with E-state index in [4.69, 9.17) is 11.6 Å². The van der Waals surface area contributed by atoms with Crippen molar-refractivity contribution in [3.63, 3.8) is 0 Å². The van der Waals surface area contributed by atoms with E-state index in [-0.39, 0.29) is 5.91 Å². The zero-order valence-electron chi connectivity index (χ0n) is 15.0. The van der Waals surface area contributed by atoms with Gasteiger partial charge in [-0.25, -0.2) is 0 Å². The molecular formula is C21H26ClN3O. The predicted octanol–water partition coefficient (Wildman–Crippen LogP) is 3.88. The van der Waals surface area contributed by atoms with E-state index in [0.29, 0.717) is 11.4 Å². The summed E-state index contributed by atoms with van der Waals surface area (Å²) in [6, 6.07) is 17.8. The smallest absolute Gasteiger partial charge is 0.225 e. The van der Waals surface area contributed by atoms with Crippen molar-refractivity contribution in [2.75, 3.05) is 38.0 Å².